The predicted molar refractivity (Wildman–Crippen MR) is 62.8 cm³/mol. The number of rotatable bonds is 6. The second kappa shape index (κ2) is 5.50. The highest BCUT2D eigenvalue weighted by molar-refractivity contribution is 5.75. The van der Waals surface area contributed by atoms with E-state index in [1.165, 1.54) is 19.3 Å². The minimum absolute atomic E-state index is 0.228. The highest BCUT2D eigenvalue weighted by atomic mass is 16.2. The van der Waals surface area contributed by atoms with Gasteiger partial charge in [0.05, 0.1) is 0 Å². The molecule has 88 valence electrons. The maximum absolute atomic E-state index is 11.3. The van der Waals surface area contributed by atoms with Crippen LogP contribution in [0.5, 0.6) is 0 Å². The van der Waals surface area contributed by atoms with Crippen LogP contribution in [0.15, 0.2) is 0 Å². The number of hydrogen-bond donors (Lipinski definition) is 1. The van der Waals surface area contributed by atoms with Gasteiger partial charge in [-0.25, -0.2) is 0 Å². The zero-order valence-corrected chi connectivity index (χ0v) is 10.3. The zero-order chi connectivity index (χ0) is 11.3. The Morgan fingerprint density at radius 2 is 2.07 bits per heavy atom. The first kappa shape index (κ1) is 12.5. The summed E-state index contributed by atoms with van der Waals surface area (Å²) >= 11 is 0. The molecule has 0 bridgehead atoms. The molecule has 1 amide bonds. The summed E-state index contributed by atoms with van der Waals surface area (Å²) in [6.07, 6.45) is 5.72. The van der Waals surface area contributed by atoms with E-state index in [-0.39, 0.29) is 5.91 Å². The highest BCUT2D eigenvalue weighted by Gasteiger charge is 2.30. The Labute approximate surface area is 93.2 Å². The van der Waals surface area contributed by atoms with Crippen LogP contribution in [-0.2, 0) is 4.79 Å². The standard InChI is InChI=1S/C12H24N2O/c1-12(7-5-8-12)10-13-9-4-6-11(15)14(2)3/h13H,4-10H2,1-3H3. The summed E-state index contributed by atoms with van der Waals surface area (Å²) in [5, 5.41) is 3.45. The second-order valence-corrected chi connectivity index (χ2v) is 5.23. The number of carbonyl (C=O) groups excluding carboxylic acids is 1. The molecule has 0 atom stereocenters. The molecule has 0 aromatic heterocycles. The third-order valence-electron chi connectivity index (χ3n) is 3.36. The average molecular weight is 212 g/mol. The molecule has 1 rings (SSSR count). The number of carbonyl (C=O) groups is 1. The predicted octanol–water partition coefficient (Wildman–Crippen LogP) is 1.63. The fraction of sp³-hybridized carbons (Fsp3) is 0.917. The smallest absolute Gasteiger partial charge is 0.222 e. The topological polar surface area (TPSA) is 32.3 Å². The van der Waals surface area contributed by atoms with E-state index in [1.54, 1.807) is 4.90 Å². The van der Waals surface area contributed by atoms with Gasteiger partial charge in [0.25, 0.3) is 0 Å². The van der Waals surface area contributed by atoms with Crippen LogP contribution in [0, 0.1) is 5.41 Å². The lowest BCUT2D eigenvalue weighted by Gasteiger charge is -2.38. The van der Waals surface area contributed by atoms with Gasteiger partial charge in [0, 0.05) is 27.1 Å². The van der Waals surface area contributed by atoms with E-state index in [0.717, 1.165) is 19.5 Å². The number of nitrogens with one attached hydrogen (secondary N) is 1. The van der Waals surface area contributed by atoms with Crippen molar-refractivity contribution in [2.24, 2.45) is 5.41 Å². The third kappa shape index (κ3) is 4.20. The van der Waals surface area contributed by atoms with Crippen LogP contribution in [0.4, 0.5) is 0 Å². The molecule has 15 heavy (non-hydrogen) atoms. The van der Waals surface area contributed by atoms with Crippen LogP contribution in [0.2, 0.25) is 0 Å². The molecule has 0 unspecified atom stereocenters. The Morgan fingerprint density at radius 3 is 2.53 bits per heavy atom. The second-order valence-electron chi connectivity index (χ2n) is 5.23. The molecule has 0 radical (unpaired) electrons. The van der Waals surface area contributed by atoms with E-state index >= 15 is 0 Å². The number of hydrogen-bond acceptors (Lipinski definition) is 2. The quantitative estimate of drug-likeness (QED) is 0.679. The molecule has 1 aliphatic rings. The normalized spacial score (nSPS) is 18.3. The lowest BCUT2D eigenvalue weighted by atomic mass is 9.70. The summed E-state index contributed by atoms with van der Waals surface area (Å²) in [5.41, 5.74) is 0.547. The molecular weight excluding hydrogens is 188 g/mol. The van der Waals surface area contributed by atoms with E-state index in [2.05, 4.69) is 12.2 Å². The van der Waals surface area contributed by atoms with Crippen LogP contribution in [-0.4, -0.2) is 38.0 Å². The van der Waals surface area contributed by atoms with Crippen molar-refractivity contribution in [2.75, 3.05) is 27.2 Å². The zero-order valence-electron chi connectivity index (χ0n) is 10.3. The Kier molecular flexibility index (Phi) is 4.58. The molecule has 0 saturated heterocycles. The maximum Gasteiger partial charge on any atom is 0.222 e. The van der Waals surface area contributed by atoms with Crippen molar-refractivity contribution < 1.29 is 4.79 Å². The summed E-state index contributed by atoms with van der Waals surface area (Å²) in [4.78, 5) is 12.9. The monoisotopic (exact) mass is 212 g/mol. The van der Waals surface area contributed by atoms with Crippen molar-refractivity contribution in [1.82, 2.24) is 10.2 Å². The minimum atomic E-state index is 0.228. The Balaban J connectivity index is 1.95. The van der Waals surface area contributed by atoms with Gasteiger partial charge in [-0.15, -0.1) is 0 Å². The van der Waals surface area contributed by atoms with Crippen molar-refractivity contribution in [1.29, 1.82) is 0 Å². The van der Waals surface area contributed by atoms with E-state index < -0.39 is 0 Å². The number of nitrogens with zero attached hydrogens (tertiary/aromatic N) is 1. The van der Waals surface area contributed by atoms with Crippen LogP contribution in [0.1, 0.15) is 39.0 Å². The van der Waals surface area contributed by atoms with Crippen molar-refractivity contribution in [2.45, 2.75) is 39.0 Å². The van der Waals surface area contributed by atoms with Crippen LogP contribution in [0.3, 0.4) is 0 Å². The van der Waals surface area contributed by atoms with Gasteiger partial charge >= 0.3 is 0 Å². The molecule has 1 aliphatic carbocycles. The summed E-state index contributed by atoms with van der Waals surface area (Å²) in [5.74, 6) is 0.228. The largest absolute Gasteiger partial charge is 0.349 e. The molecule has 1 N–H and O–H groups in total. The first-order valence-corrected chi connectivity index (χ1v) is 5.94. The molecule has 1 fully saturated rings. The first-order chi connectivity index (χ1) is 7.03. The van der Waals surface area contributed by atoms with Gasteiger partial charge in [-0.05, 0) is 31.2 Å². The fourth-order valence-corrected chi connectivity index (χ4v) is 1.94. The van der Waals surface area contributed by atoms with Crippen LogP contribution < -0.4 is 5.32 Å². The van der Waals surface area contributed by atoms with Gasteiger partial charge in [-0.2, -0.15) is 0 Å². The van der Waals surface area contributed by atoms with Crippen molar-refractivity contribution >= 4 is 5.91 Å². The summed E-state index contributed by atoms with van der Waals surface area (Å²) < 4.78 is 0. The third-order valence-corrected chi connectivity index (χ3v) is 3.36. The Hall–Kier alpha value is -0.570. The molecule has 0 heterocycles. The summed E-state index contributed by atoms with van der Waals surface area (Å²) in [6, 6.07) is 0. The van der Waals surface area contributed by atoms with Crippen molar-refractivity contribution in [3.63, 3.8) is 0 Å². The summed E-state index contributed by atoms with van der Waals surface area (Å²) in [6.45, 7) is 4.42. The van der Waals surface area contributed by atoms with Gasteiger partial charge in [0.1, 0.15) is 0 Å². The molecule has 0 aliphatic heterocycles. The van der Waals surface area contributed by atoms with Gasteiger partial charge in [-0.1, -0.05) is 13.3 Å². The molecule has 3 nitrogen and oxygen atoms in total. The van der Waals surface area contributed by atoms with Gasteiger partial charge in [0.2, 0.25) is 5.91 Å². The lowest BCUT2D eigenvalue weighted by Crippen LogP contribution is -2.37. The number of amides is 1. The molecule has 0 spiro atoms. The fourth-order valence-electron chi connectivity index (χ4n) is 1.94. The molecule has 0 aromatic carbocycles. The maximum atomic E-state index is 11.3. The SMILES string of the molecule is CN(C)C(=O)CCCNCC1(C)CCC1. The Bertz CT molecular complexity index is 210. The molecule has 3 heteroatoms. The van der Waals surface area contributed by atoms with Gasteiger partial charge in [0.15, 0.2) is 0 Å². The van der Waals surface area contributed by atoms with Crippen LogP contribution in [0.25, 0.3) is 0 Å². The van der Waals surface area contributed by atoms with Crippen molar-refractivity contribution in [3.05, 3.63) is 0 Å². The minimum Gasteiger partial charge on any atom is -0.349 e. The van der Waals surface area contributed by atoms with E-state index in [9.17, 15) is 4.79 Å². The molecule has 1 saturated carbocycles. The van der Waals surface area contributed by atoms with E-state index in [4.69, 9.17) is 0 Å². The lowest BCUT2D eigenvalue weighted by molar-refractivity contribution is -0.128. The summed E-state index contributed by atoms with van der Waals surface area (Å²) in [7, 11) is 3.62. The van der Waals surface area contributed by atoms with Gasteiger partial charge in [-0.3, -0.25) is 4.79 Å². The first-order valence-electron chi connectivity index (χ1n) is 5.94. The molecular formula is C12H24N2O. The van der Waals surface area contributed by atoms with Gasteiger partial charge < -0.3 is 10.2 Å². The average Bonchev–Trinajstić information content (AvgIpc) is 2.14. The van der Waals surface area contributed by atoms with Crippen molar-refractivity contribution in [3.8, 4) is 0 Å². The Morgan fingerprint density at radius 1 is 1.40 bits per heavy atom. The van der Waals surface area contributed by atoms with Crippen LogP contribution >= 0.6 is 0 Å². The van der Waals surface area contributed by atoms with E-state index in [0.29, 0.717) is 11.8 Å². The highest BCUT2D eigenvalue weighted by Crippen LogP contribution is 2.39. The van der Waals surface area contributed by atoms with E-state index in [1.807, 2.05) is 14.1 Å². The molecule has 0 aromatic rings.